The number of anilines is 2. The number of aromatic nitrogens is 4. The topological polar surface area (TPSA) is 71.2 Å². The SMILES string of the molecule is CN(C)c1noc(C2CCN(c3nc(C(F)F)nc4ccccc34)CC2)n1. The number of nitrogens with zero attached hydrogens (tertiary/aromatic N) is 6. The molecule has 1 aromatic carbocycles. The summed E-state index contributed by atoms with van der Waals surface area (Å²) in [4.78, 5) is 16.4. The van der Waals surface area contributed by atoms with E-state index in [4.69, 9.17) is 4.52 Å². The van der Waals surface area contributed by atoms with Gasteiger partial charge in [-0.3, -0.25) is 0 Å². The minimum absolute atomic E-state index is 0.158. The molecule has 0 bridgehead atoms. The number of hydrogen-bond acceptors (Lipinski definition) is 7. The molecular weight excluding hydrogens is 354 g/mol. The molecule has 7 nitrogen and oxygen atoms in total. The van der Waals surface area contributed by atoms with Gasteiger partial charge in [-0.2, -0.15) is 4.98 Å². The summed E-state index contributed by atoms with van der Waals surface area (Å²) in [5.41, 5.74) is 0.535. The van der Waals surface area contributed by atoms with Gasteiger partial charge in [0.2, 0.25) is 5.89 Å². The third kappa shape index (κ3) is 3.41. The zero-order valence-electron chi connectivity index (χ0n) is 15.1. The molecule has 0 aliphatic carbocycles. The molecule has 0 saturated carbocycles. The Morgan fingerprint density at radius 2 is 1.85 bits per heavy atom. The Hall–Kier alpha value is -2.84. The minimum atomic E-state index is -2.70. The van der Waals surface area contributed by atoms with Crippen molar-refractivity contribution in [1.29, 1.82) is 0 Å². The van der Waals surface area contributed by atoms with Crippen LogP contribution in [-0.2, 0) is 0 Å². The Kier molecular flexibility index (Phi) is 4.59. The molecule has 27 heavy (non-hydrogen) atoms. The maximum atomic E-state index is 13.2. The quantitative estimate of drug-likeness (QED) is 0.693. The maximum Gasteiger partial charge on any atom is 0.297 e. The standard InChI is InChI=1S/C18H20F2N6O/c1-25(2)18-23-17(27-24-18)11-7-9-26(10-8-11)16-12-5-3-4-6-13(12)21-15(22-16)14(19)20/h3-6,11,14H,7-10H2,1-2H3. The van der Waals surface area contributed by atoms with Gasteiger partial charge in [-0.1, -0.05) is 12.1 Å². The third-order valence-electron chi connectivity index (χ3n) is 4.77. The van der Waals surface area contributed by atoms with Gasteiger partial charge >= 0.3 is 0 Å². The summed E-state index contributed by atoms with van der Waals surface area (Å²) in [6, 6.07) is 7.26. The Morgan fingerprint density at radius 1 is 1.11 bits per heavy atom. The molecule has 1 aliphatic rings. The van der Waals surface area contributed by atoms with Gasteiger partial charge in [-0.15, -0.1) is 0 Å². The molecule has 3 heterocycles. The van der Waals surface area contributed by atoms with Crippen LogP contribution in [0, 0.1) is 0 Å². The van der Waals surface area contributed by atoms with Crippen LogP contribution < -0.4 is 9.80 Å². The van der Waals surface area contributed by atoms with Crippen molar-refractivity contribution in [3.05, 3.63) is 36.0 Å². The molecule has 0 spiro atoms. The van der Waals surface area contributed by atoms with Crippen LogP contribution >= 0.6 is 0 Å². The van der Waals surface area contributed by atoms with E-state index in [-0.39, 0.29) is 5.92 Å². The monoisotopic (exact) mass is 374 g/mol. The van der Waals surface area contributed by atoms with E-state index < -0.39 is 12.2 Å². The first-order valence-corrected chi connectivity index (χ1v) is 8.83. The number of piperidine rings is 1. The van der Waals surface area contributed by atoms with Crippen LogP contribution in [0.1, 0.15) is 36.9 Å². The highest BCUT2D eigenvalue weighted by atomic mass is 19.3. The molecule has 2 aromatic heterocycles. The number of alkyl halides is 2. The van der Waals surface area contributed by atoms with Crippen LogP contribution in [0.2, 0.25) is 0 Å². The highest BCUT2D eigenvalue weighted by molar-refractivity contribution is 5.89. The average molecular weight is 374 g/mol. The largest absolute Gasteiger partial charge is 0.356 e. The summed E-state index contributed by atoms with van der Waals surface area (Å²) in [5, 5.41) is 4.75. The van der Waals surface area contributed by atoms with Crippen LogP contribution in [0.5, 0.6) is 0 Å². The van der Waals surface area contributed by atoms with Gasteiger partial charge in [0.25, 0.3) is 12.4 Å². The lowest BCUT2D eigenvalue weighted by Crippen LogP contribution is -2.34. The molecule has 0 N–H and O–H groups in total. The number of fused-ring (bicyclic) bond motifs is 1. The number of benzene rings is 1. The number of rotatable bonds is 4. The van der Waals surface area contributed by atoms with Crippen molar-refractivity contribution in [2.45, 2.75) is 25.2 Å². The highest BCUT2D eigenvalue weighted by Crippen LogP contribution is 2.33. The first-order valence-electron chi connectivity index (χ1n) is 8.83. The van der Waals surface area contributed by atoms with Gasteiger partial charge in [-0.25, -0.2) is 18.7 Å². The van der Waals surface area contributed by atoms with Crippen molar-refractivity contribution in [2.75, 3.05) is 37.0 Å². The molecule has 1 saturated heterocycles. The van der Waals surface area contributed by atoms with Gasteiger partial charge in [0.05, 0.1) is 5.52 Å². The summed E-state index contributed by atoms with van der Waals surface area (Å²) in [6.45, 7) is 1.35. The van der Waals surface area contributed by atoms with Crippen LogP contribution in [0.4, 0.5) is 20.5 Å². The molecular formula is C18H20F2N6O. The van der Waals surface area contributed by atoms with Crippen LogP contribution in [0.15, 0.2) is 28.8 Å². The second-order valence-electron chi connectivity index (χ2n) is 6.81. The maximum absolute atomic E-state index is 13.2. The normalized spacial score (nSPS) is 15.7. The van der Waals surface area contributed by atoms with Gasteiger partial charge in [-0.05, 0) is 30.1 Å². The van der Waals surface area contributed by atoms with Gasteiger partial charge in [0.1, 0.15) is 5.82 Å². The van der Waals surface area contributed by atoms with Crippen LogP contribution in [0.3, 0.4) is 0 Å². The molecule has 142 valence electrons. The first kappa shape index (κ1) is 17.6. The molecule has 0 radical (unpaired) electrons. The zero-order valence-corrected chi connectivity index (χ0v) is 15.1. The van der Waals surface area contributed by atoms with Crippen molar-refractivity contribution in [2.24, 2.45) is 0 Å². The fraction of sp³-hybridized carbons (Fsp3) is 0.444. The molecule has 0 atom stereocenters. The van der Waals surface area contributed by atoms with Crippen molar-refractivity contribution in [3.8, 4) is 0 Å². The Morgan fingerprint density at radius 3 is 2.52 bits per heavy atom. The Labute approximate surface area is 155 Å². The highest BCUT2D eigenvalue weighted by Gasteiger charge is 2.28. The zero-order chi connectivity index (χ0) is 19.0. The minimum Gasteiger partial charge on any atom is -0.356 e. The van der Waals surface area contributed by atoms with Crippen LogP contribution in [-0.4, -0.2) is 47.3 Å². The van der Waals surface area contributed by atoms with E-state index in [0.29, 0.717) is 36.3 Å². The predicted molar refractivity (Wildman–Crippen MR) is 97.3 cm³/mol. The summed E-state index contributed by atoms with van der Waals surface area (Å²) >= 11 is 0. The van der Waals surface area contributed by atoms with E-state index >= 15 is 0 Å². The van der Waals surface area contributed by atoms with Crippen molar-refractivity contribution in [3.63, 3.8) is 0 Å². The van der Waals surface area contributed by atoms with E-state index in [1.807, 2.05) is 31.1 Å². The third-order valence-corrected chi connectivity index (χ3v) is 4.77. The fourth-order valence-electron chi connectivity index (χ4n) is 3.33. The lowest BCUT2D eigenvalue weighted by molar-refractivity contribution is 0.141. The molecule has 0 amide bonds. The molecule has 1 aliphatic heterocycles. The molecule has 3 aromatic rings. The number of hydrogen-bond donors (Lipinski definition) is 0. The van der Waals surface area contributed by atoms with Gasteiger partial charge < -0.3 is 14.3 Å². The molecule has 4 rings (SSSR count). The summed E-state index contributed by atoms with van der Waals surface area (Å²) in [5.74, 6) is 1.47. The van der Waals surface area contributed by atoms with Gasteiger partial charge in [0.15, 0.2) is 5.82 Å². The van der Waals surface area contributed by atoms with Crippen LogP contribution in [0.25, 0.3) is 10.9 Å². The Balaban J connectivity index is 1.57. The number of para-hydroxylation sites is 1. The van der Waals surface area contributed by atoms with E-state index in [2.05, 4.69) is 20.1 Å². The summed E-state index contributed by atoms with van der Waals surface area (Å²) in [6.07, 6.45) is -1.12. The molecule has 1 fully saturated rings. The van der Waals surface area contributed by atoms with Crippen molar-refractivity contribution < 1.29 is 13.3 Å². The predicted octanol–water partition coefficient (Wildman–Crippen LogP) is 3.40. The Bertz CT molecular complexity index is 937. The van der Waals surface area contributed by atoms with E-state index in [9.17, 15) is 8.78 Å². The van der Waals surface area contributed by atoms with Gasteiger partial charge in [0, 0.05) is 38.5 Å². The summed E-state index contributed by atoms with van der Waals surface area (Å²) in [7, 11) is 3.72. The smallest absolute Gasteiger partial charge is 0.297 e. The number of halogens is 2. The lowest BCUT2D eigenvalue weighted by Gasteiger charge is -2.32. The second-order valence-corrected chi connectivity index (χ2v) is 6.81. The van der Waals surface area contributed by atoms with Crippen molar-refractivity contribution >= 4 is 22.7 Å². The summed E-state index contributed by atoms with van der Waals surface area (Å²) < 4.78 is 31.8. The first-order chi connectivity index (χ1) is 13.0. The van der Waals surface area contributed by atoms with E-state index in [1.54, 1.807) is 17.0 Å². The molecule has 0 unspecified atom stereocenters. The second kappa shape index (κ2) is 7.05. The molecule has 9 heteroatoms. The van der Waals surface area contributed by atoms with E-state index in [1.165, 1.54) is 0 Å². The average Bonchev–Trinajstić information content (AvgIpc) is 3.18. The van der Waals surface area contributed by atoms with E-state index in [0.717, 1.165) is 18.2 Å². The fourth-order valence-corrected chi connectivity index (χ4v) is 3.33. The lowest BCUT2D eigenvalue weighted by atomic mass is 9.96. The van der Waals surface area contributed by atoms with Crippen molar-refractivity contribution in [1.82, 2.24) is 20.1 Å².